The van der Waals surface area contributed by atoms with Crippen LogP contribution in [0.1, 0.15) is 64.6 Å². The van der Waals surface area contributed by atoms with E-state index in [0.717, 1.165) is 18.4 Å². The van der Waals surface area contributed by atoms with Crippen LogP contribution in [0.15, 0.2) is 54.6 Å². The van der Waals surface area contributed by atoms with Gasteiger partial charge in [0.05, 0.1) is 0 Å². The van der Waals surface area contributed by atoms with Crippen molar-refractivity contribution in [3.63, 3.8) is 0 Å². The molecule has 0 spiro atoms. The molecule has 3 rings (SSSR count). The topological polar surface area (TPSA) is 108 Å². The van der Waals surface area contributed by atoms with E-state index in [1.165, 1.54) is 12.1 Å². The fourth-order valence-electron chi connectivity index (χ4n) is 4.05. The van der Waals surface area contributed by atoms with E-state index in [0.29, 0.717) is 5.56 Å². The average Bonchev–Trinajstić information content (AvgIpc) is 3.60. The van der Waals surface area contributed by atoms with Crippen LogP contribution in [0.25, 0.3) is 0 Å². The number of aromatic hydroxyl groups is 1. The maximum absolute atomic E-state index is 14.1. The minimum absolute atomic E-state index is 0.00533. The second-order valence-corrected chi connectivity index (χ2v) is 10.5. The monoisotopic (exact) mass is 495 g/mol. The summed E-state index contributed by atoms with van der Waals surface area (Å²) in [6.07, 6.45) is 1.04. The molecule has 3 N–H and O–H groups in total. The fraction of sp³-hybridized carbons (Fsp3) is 0.464. The summed E-state index contributed by atoms with van der Waals surface area (Å²) in [5.41, 5.74) is 0.634. The number of alkyl carbamates (subject to hydrolysis) is 1. The smallest absolute Gasteiger partial charge is 0.408 e. The van der Waals surface area contributed by atoms with Crippen molar-refractivity contribution >= 4 is 17.9 Å². The molecule has 1 aliphatic carbocycles. The molecule has 2 aromatic rings. The van der Waals surface area contributed by atoms with Crippen LogP contribution in [0.5, 0.6) is 5.75 Å². The van der Waals surface area contributed by atoms with Gasteiger partial charge in [-0.1, -0.05) is 42.5 Å². The molecular formula is C28H37N3O5. The van der Waals surface area contributed by atoms with Crippen molar-refractivity contribution in [1.82, 2.24) is 15.5 Å². The standard InChI is InChI=1S/C28H37N3O5/c1-18(2)29-25(33)24(20-12-9-13-22(32)17-20)31(21-14-15-21)26(34)23(16-19-10-7-6-8-11-19)30-27(35)36-28(3,4)5/h6-13,17-18,21,23-24,32H,14-16H2,1-5H3,(H,29,33)(H,30,35). The van der Waals surface area contributed by atoms with E-state index in [1.54, 1.807) is 37.8 Å². The zero-order chi connectivity index (χ0) is 26.5. The van der Waals surface area contributed by atoms with E-state index in [-0.39, 0.29) is 36.1 Å². The SMILES string of the molecule is CC(C)NC(=O)C(c1cccc(O)c1)N(C(=O)C(Cc1ccccc1)NC(=O)OC(C)(C)C)C1CC1. The number of hydrogen-bond acceptors (Lipinski definition) is 5. The minimum Gasteiger partial charge on any atom is -0.508 e. The van der Waals surface area contributed by atoms with Crippen LogP contribution in [-0.4, -0.2) is 51.6 Å². The highest BCUT2D eigenvalue weighted by molar-refractivity contribution is 5.93. The summed E-state index contributed by atoms with van der Waals surface area (Å²) < 4.78 is 5.44. The van der Waals surface area contributed by atoms with Crippen LogP contribution in [0.3, 0.4) is 0 Å². The Morgan fingerprint density at radius 3 is 2.25 bits per heavy atom. The van der Waals surface area contributed by atoms with Gasteiger partial charge in [0.15, 0.2) is 0 Å². The molecule has 0 bridgehead atoms. The molecule has 2 aromatic carbocycles. The second-order valence-electron chi connectivity index (χ2n) is 10.5. The number of amides is 3. The molecule has 1 aliphatic rings. The van der Waals surface area contributed by atoms with Crippen LogP contribution in [-0.2, 0) is 20.7 Å². The predicted octanol–water partition coefficient (Wildman–Crippen LogP) is 4.08. The molecule has 0 aliphatic heterocycles. The number of carbonyl (C=O) groups is 3. The van der Waals surface area contributed by atoms with Crippen LogP contribution < -0.4 is 10.6 Å². The number of phenols is 1. The molecular weight excluding hydrogens is 458 g/mol. The van der Waals surface area contributed by atoms with Gasteiger partial charge < -0.3 is 25.4 Å². The lowest BCUT2D eigenvalue weighted by Crippen LogP contribution is -2.55. The normalized spacial score (nSPS) is 15.1. The van der Waals surface area contributed by atoms with E-state index in [1.807, 2.05) is 44.2 Å². The molecule has 2 unspecified atom stereocenters. The first kappa shape index (κ1) is 27.0. The van der Waals surface area contributed by atoms with Gasteiger partial charge in [0.25, 0.3) is 0 Å². The summed E-state index contributed by atoms with van der Waals surface area (Å²) >= 11 is 0. The first-order chi connectivity index (χ1) is 16.9. The molecule has 0 heterocycles. The highest BCUT2D eigenvalue weighted by Crippen LogP contribution is 2.36. The van der Waals surface area contributed by atoms with Crippen LogP contribution in [0.2, 0.25) is 0 Å². The number of nitrogens with one attached hydrogen (secondary N) is 2. The van der Waals surface area contributed by atoms with Gasteiger partial charge in [-0.25, -0.2) is 4.79 Å². The number of nitrogens with zero attached hydrogens (tertiary/aromatic N) is 1. The molecule has 3 amide bonds. The average molecular weight is 496 g/mol. The highest BCUT2D eigenvalue weighted by Gasteiger charge is 2.44. The summed E-state index contributed by atoms with van der Waals surface area (Å²) in [7, 11) is 0. The summed E-state index contributed by atoms with van der Waals surface area (Å²) in [6.45, 7) is 8.97. The zero-order valence-corrected chi connectivity index (χ0v) is 21.7. The van der Waals surface area contributed by atoms with Gasteiger partial charge in [0, 0.05) is 18.5 Å². The Hall–Kier alpha value is -3.55. The van der Waals surface area contributed by atoms with Gasteiger partial charge in [-0.2, -0.15) is 0 Å². The molecule has 0 aromatic heterocycles. The summed E-state index contributed by atoms with van der Waals surface area (Å²) in [4.78, 5) is 41.9. The summed E-state index contributed by atoms with van der Waals surface area (Å²) in [5.74, 6) is -0.711. The van der Waals surface area contributed by atoms with Gasteiger partial charge in [0.1, 0.15) is 23.4 Å². The maximum Gasteiger partial charge on any atom is 0.408 e. The number of ether oxygens (including phenoxy) is 1. The van der Waals surface area contributed by atoms with E-state index in [4.69, 9.17) is 4.74 Å². The predicted molar refractivity (Wildman–Crippen MR) is 137 cm³/mol. The Labute approximate surface area is 213 Å². The number of phenolic OH excluding ortho intramolecular Hbond substituents is 1. The number of rotatable bonds is 9. The van der Waals surface area contributed by atoms with E-state index >= 15 is 0 Å². The van der Waals surface area contributed by atoms with Crippen molar-refractivity contribution in [2.45, 2.75) is 83.6 Å². The zero-order valence-electron chi connectivity index (χ0n) is 21.7. The second kappa shape index (κ2) is 11.5. The number of hydrogen-bond donors (Lipinski definition) is 3. The third kappa shape index (κ3) is 7.73. The Bertz CT molecular complexity index is 1060. The highest BCUT2D eigenvalue weighted by atomic mass is 16.6. The molecule has 36 heavy (non-hydrogen) atoms. The van der Waals surface area contributed by atoms with Crippen molar-refractivity contribution in [3.8, 4) is 5.75 Å². The lowest BCUT2D eigenvalue weighted by molar-refractivity contribution is -0.143. The molecule has 1 fully saturated rings. The van der Waals surface area contributed by atoms with Gasteiger partial charge in [0.2, 0.25) is 11.8 Å². The molecule has 194 valence electrons. The van der Waals surface area contributed by atoms with Gasteiger partial charge in [-0.15, -0.1) is 0 Å². The first-order valence-electron chi connectivity index (χ1n) is 12.4. The van der Waals surface area contributed by atoms with E-state index < -0.39 is 23.8 Å². The third-order valence-corrected chi connectivity index (χ3v) is 5.61. The lowest BCUT2D eigenvalue weighted by Gasteiger charge is -2.35. The van der Waals surface area contributed by atoms with E-state index in [2.05, 4.69) is 10.6 Å². The maximum atomic E-state index is 14.1. The molecule has 8 nitrogen and oxygen atoms in total. The first-order valence-corrected chi connectivity index (χ1v) is 12.4. The molecule has 8 heteroatoms. The molecule has 0 radical (unpaired) electrons. The minimum atomic E-state index is -0.960. The van der Waals surface area contributed by atoms with E-state index in [9.17, 15) is 19.5 Å². The van der Waals surface area contributed by atoms with Crippen LogP contribution in [0, 0.1) is 0 Å². The fourth-order valence-corrected chi connectivity index (χ4v) is 4.05. The third-order valence-electron chi connectivity index (χ3n) is 5.61. The van der Waals surface area contributed by atoms with Gasteiger partial charge >= 0.3 is 6.09 Å². The molecule has 1 saturated carbocycles. The van der Waals surface area contributed by atoms with Crippen molar-refractivity contribution < 1.29 is 24.2 Å². The Balaban J connectivity index is 1.99. The molecule has 2 atom stereocenters. The van der Waals surface area contributed by atoms with Gasteiger partial charge in [-0.3, -0.25) is 9.59 Å². The summed E-state index contributed by atoms with van der Waals surface area (Å²) in [5, 5.41) is 15.8. The van der Waals surface area contributed by atoms with Crippen molar-refractivity contribution in [2.24, 2.45) is 0 Å². The van der Waals surface area contributed by atoms with Crippen LogP contribution >= 0.6 is 0 Å². The Morgan fingerprint density at radius 2 is 1.69 bits per heavy atom. The molecule has 0 saturated heterocycles. The quantitative estimate of drug-likeness (QED) is 0.486. The van der Waals surface area contributed by atoms with Crippen molar-refractivity contribution in [1.29, 1.82) is 0 Å². The van der Waals surface area contributed by atoms with Crippen molar-refractivity contribution in [3.05, 3.63) is 65.7 Å². The Kier molecular flexibility index (Phi) is 8.61. The van der Waals surface area contributed by atoms with Crippen molar-refractivity contribution in [2.75, 3.05) is 0 Å². The number of carbonyl (C=O) groups excluding carboxylic acids is 3. The van der Waals surface area contributed by atoms with Crippen LogP contribution in [0.4, 0.5) is 4.79 Å². The van der Waals surface area contributed by atoms with Gasteiger partial charge in [-0.05, 0) is 70.7 Å². The lowest BCUT2D eigenvalue weighted by atomic mass is 9.99. The number of benzene rings is 2. The largest absolute Gasteiger partial charge is 0.508 e. The summed E-state index contributed by atoms with van der Waals surface area (Å²) in [6, 6.07) is 13.6. The Morgan fingerprint density at radius 1 is 1.03 bits per heavy atom.